The summed E-state index contributed by atoms with van der Waals surface area (Å²) in [4.78, 5) is 24.2. The average Bonchev–Trinajstić information content (AvgIpc) is 3.02. The van der Waals surface area contributed by atoms with Crippen molar-refractivity contribution in [2.24, 2.45) is 11.8 Å². The molecule has 0 aromatic rings. The number of aliphatic hydroxyl groups excluding tert-OH is 1. The summed E-state index contributed by atoms with van der Waals surface area (Å²) >= 11 is 0. The van der Waals surface area contributed by atoms with Crippen LogP contribution in [0, 0.1) is 11.8 Å². The number of hydrogen-bond donors (Lipinski definition) is 1. The molecule has 0 saturated carbocycles. The molecule has 1 unspecified atom stereocenters. The maximum Gasteiger partial charge on any atom is 0.306 e. The minimum absolute atomic E-state index is 0.0590. The van der Waals surface area contributed by atoms with Crippen LogP contribution in [0.3, 0.4) is 0 Å². The van der Waals surface area contributed by atoms with E-state index in [-0.39, 0.29) is 25.2 Å². The standard InChI is InChI=1S/C40H78O5/c1-5-37(4)31-27-23-19-16-17-21-25-29-33-40(43)45-38(34-41)35-44-39(42)32-28-24-20-15-13-11-9-7-6-8-10-12-14-18-22-26-30-36(2)3/h36-38,41H,5-35H2,1-4H3/t37?,38-/m0/s1. The second kappa shape index (κ2) is 34.2. The smallest absolute Gasteiger partial charge is 0.306 e. The monoisotopic (exact) mass is 639 g/mol. The van der Waals surface area contributed by atoms with Crippen molar-refractivity contribution in [3.05, 3.63) is 0 Å². The zero-order chi connectivity index (χ0) is 33.2. The van der Waals surface area contributed by atoms with Gasteiger partial charge in [0.05, 0.1) is 6.61 Å². The van der Waals surface area contributed by atoms with Crippen LogP contribution in [0.5, 0.6) is 0 Å². The largest absolute Gasteiger partial charge is 0.462 e. The lowest BCUT2D eigenvalue weighted by molar-refractivity contribution is -0.161. The van der Waals surface area contributed by atoms with E-state index >= 15 is 0 Å². The van der Waals surface area contributed by atoms with E-state index < -0.39 is 6.10 Å². The van der Waals surface area contributed by atoms with Crippen molar-refractivity contribution in [1.29, 1.82) is 0 Å². The molecule has 268 valence electrons. The van der Waals surface area contributed by atoms with Crippen molar-refractivity contribution in [2.75, 3.05) is 13.2 Å². The first-order chi connectivity index (χ1) is 21.9. The van der Waals surface area contributed by atoms with E-state index in [1.165, 1.54) is 141 Å². The van der Waals surface area contributed by atoms with Crippen molar-refractivity contribution in [3.8, 4) is 0 Å². The maximum atomic E-state index is 12.1. The second-order valence-electron chi connectivity index (χ2n) is 14.4. The van der Waals surface area contributed by atoms with Gasteiger partial charge >= 0.3 is 11.9 Å². The van der Waals surface area contributed by atoms with Crippen molar-refractivity contribution in [3.63, 3.8) is 0 Å². The summed E-state index contributed by atoms with van der Waals surface area (Å²) in [6.07, 6.45) is 34.5. The van der Waals surface area contributed by atoms with Gasteiger partial charge in [0.25, 0.3) is 0 Å². The molecule has 45 heavy (non-hydrogen) atoms. The molecule has 5 nitrogen and oxygen atoms in total. The SMILES string of the molecule is CCC(C)CCCCCCCCCCC(=O)O[C@@H](CO)COC(=O)CCCCCCCCCCCCCCCCCCC(C)C. The fraction of sp³-hybridized carbons (Fsp3) is 0.950. The number of hydrogen-bond acceptors (Lipinski definition) is 5. The van der Waals surface area contributed by atoms with Crippen molar-refractivity contribution in [2.45, 2.75) is 220 Å². The van der Waals surface area contributed by atoms with Crippen molar-refractivity contribution >= 4 is 11.9 Å². The number of carbonyl (C=O) groups is 2. The molecule has 0 heterocycles. The maximum absolute atomic E-state index is 12.1. The van der Waals surface area contributed by atoms with Crippen LogP contribution in [-0.4, -0.2) is 36.4 Å². The number of carbonyl (C=O) groups excluding carboxylic acids is 2. The third-order valence-corrected chi connectivity index (χ3v) is 9.37. The van der Waals surface area contributed by atoms with E-state index in [4.69, 9.17) is 9.47 Å². The van der Waals surface area contributed by atoms with Crippen molar-refractivity contribution < 1.29 is 24.2 Å². The van der Waals surface area contributed by atoms with E-state index in [2.05, 4.69) is 27.7 Å². The van der Waals surface area contributed by atoms with Gasteiger partial charge < -0.3 is 14.6 Å². The molecular formula is C40H78O5. The molecular weight excluding hydrogens is 560 g/mol. The van der Waals surface area contributed by atoms with E-state index in [0.29, 0.717) is 12.8 Å². The Balaban J connectivity index is 3.49. The topological polar surface area (TPSA) is 72.8 Å². The van der Waals surface area contributed by atoms with Gasteiger partial charge in [-0.05, 0) is 24.7 Å². The quantitative estimate of drug-likeness (QED) is 0.0552. The Kier molecular flexibility index (Phi) is 33.4. The predicted octanol–water partition coefficient (Wildman–Crippen LogP) is 12.1. The fourth-order valence-electron chi connectivity index (χ4n) is 5.95. The molecule has 0 aromatic heterocycles. The fourth-order valence-corrected chi connectivity index (χ4v) is 5.95. The molecule has 0 saturated heterocycles. The van der Waals surface area contributed by atoms with Gasteiger partial charge in [-0.25, -0.2) is 0 Å². The first-order valence-corrected chi connectivity index (χ1v) is 19.8. The lowest BCUT2D eigenvalue weighted by Gasteiger charge is -2.15. The van der Waals surface area contributed by atoms with E-state index in [1.54, 1.807) is 0 Å². The van der Waals surface area contributed by atoms with Crippen molar-refractivity contribution in [1.82, 2.24) is 0 Å². The molecule has 0 bridgehead atoms. The third-order valence-electron chi connectivity index (χ3n) is 9.37. The van der Waals surface area contributed by atoms with Gasteiger partial charge in [0.15, 0.2) is 6.10 Å². The Morgan fingerprint density at radius 2 is 0.867 bits per heavy atom. The lowest BCUT2D eigenvalue weighted by atomic mass is 9.99. The molecule has 0 aromatic carbocycles. The summed E-state index contributed by atoms with van der Waals surface area (Å²) in [6, 6.07) is 0. The molecule has 0 fully saturated rings. The number of rotatable bonds is 35. The highest BCUT2D eigenvalue weighted by Crippen LogP contribution is 2.17. The third kappa shape index (κ3) is 34.1. The first-order valence-electron chi connectivity index (χ1n) is 19.8. The van der Waals surface area contributed by atoms with Crippen LogP contribution in [0.25, 0.3) is 0 Å². The predicted molar refractivity (Wildman–Crippen MR) is 191 cm³/mol. The van der Waals surface area contributed by atoms with Crippen LogP contribution in [0.1, 0.15) is 214 Å². The number of ether oxygens (including phenoxy) is 2. The van der Waals surface area contributed by atoms with Gasteiger partial charge in [-0.1, -0.05) is 188 Å². The zero-order valence-corrected chi connectivity index (χ0v) is 30.7. The van der Waals surface area contributed by atoms with Gasteiger partial charge in [-0.2, -0.15) is 0 Å². The molecule has 0 rings (SSSR count). The summed E-state index contributed by atoms with van der Waals surface area (Å²) < 4.78 is 10.6. The molecule has 0 aliphatic carbocycles. The van der Waals surface area contributed by atoms with Crippen LogP contribution >= 0.6 is 0 Å². The van der Waals surface area contributed by atoms with Gasteiger partial charge in [0.1, 0.15) is 6.61 Å². The molecule has 0 aliphatic heterocycles. The Hall–Kier alpha value is -1.10. The van der Waals surface area contributed by atoms with Crippen LogP contribution in [0.2, 0.25) is 0 Å². The van der Waals surface area contributed by atoms with Gasteiger partial charge in [0, 0.05) is 12.8 Å². The Morgan fingerprint density at radius 3 is 1.24 bits per heavy atom. The van der Waals surface area contributed by atoms with Crippen LogP contribution in [0.15, 0.2) is 0 Å². The highest BCUT2D eigenvalue weighted by atomic mass is 16.6. The normalized spacial score (nSPS) is 12.8. The molecule has 0 amide bonds. The lowest BCUT2D eigenvalue weighted by Crippen LogP contribution is -2.28. The molecule has 0 aliphatic rings. The Morgan fingerprint density at radius 1 is 0.511 bits per heavy atom. The molecule has 5 heteroatoms. The van der Waals surface area contributed by atoms with Crippen LogP contribution in [-0.2, 0) is 19.1 Å². The van der Waals surface area contributed by atoms with E-state index in [9.17, 15) is 14.7 Å². The molecule has 0 spiro atoms. The van der Waals surface area contributed by atoms with Crippen LogP contribution < -0.4 is 0 Å². The Bertz CT molecular complexity index is 634. The first kappa shape index (κ1) is 43.9. The summed E-state index contributed by atoms with van der Waals surface area (Å²) in [5, 5.41) is 9.54. The summed E-state index contributed by atoms with van der Waals surface area (Å²) in [7, 11) is 0. The van der Waals surface area contributed by atoms with Gasteiger partial charge in [-0.3, -0.25) is 9.59 Å². The minimum atomic E-state index is -0.763. The number of esters is 2. The number of unbranched alkanes of at least 4 members (excludes halogenated alkanes) is 22. The van der Waals surface area contributed by atoms with Crippen LogP contribution in [0.4, 0.5) is 0 Å². The van der Waals surface area contributed by atoms with E-state index in [1.807, 2.05) is 0 Å². The van der Waals surface area contributed by atoms with Gasteiger partial charge in [0.2, 0.25) is 0 Å². The van der Waals surface area contributed by atoms with E-state index in [0.717, 1.165) is 43.9 Å². The summed E-state index contributed by atoms with van der Waals surface area (Å²) in [5.41, 5.74) is 0. The highest BCUT2D eigenvalue weighted by molar-refractivity contribution is 5.70. The second-order valence-corrected chi connectivity index (χ2v) is 14.4. The zero-order valence-electron chi connectivity index (χ0n) is 30.7. The summed E-state index contributed by atoms with van der Waals surface area (Å²) in [5.74, 6) is 1.14. The molecule has 1 N–H and O–H groups in total. The Labute approximate surface area is 280 Å². The molecule has 0 radical (unpaired) electrons. The summed E-state index contributed by atoms with van der Waals surface area (Å²) in [6.45, 7) is 8.86. The minimum Gasteiger partial charge on any atom is -0.462 e. The number of aliphatic hydroxyl groups is 1. The van der Waals surface area contributed by atoms with Gasteiger partial charge in [-0.15, -0.1) is 0 Å². The average molecular weight is 639 g/mol. The highest BCUT2D eigenvalue weighted by Gasteiger charge is 2.16. The molecule has 2 atom stereocenters.